The summed E-state index contributed by atoms with van der Waals surface area (Å²) >= 11 is 0. The summed E-state index contributed by atoms with van der Waals surface area (Å²) in [6, 6.07) is 0.0478. The Morgan fingerprint density at radius 3 is 2.53 bits per heavy atom. The van der Waals surface area contributed by atoms with E-state index in [1.165, 1.54) is 4.90 Å². The quantitative estimate of drug-likeness (QED) is 0.837. The molecule has 0 aromatic heterocycles. The highest BCUT2D eigenvalue weighted by Crippen LogP contribution is 2.23. The monoisotopic (exact) mass is 274 g/mol. The highest BCUT2D eigenvalue weighted by Gasteiger charge is 2.31. The van der Waals surface area contributed by atoms with Crippen LogP contribution in [0.5, 0.6) is 0 Å². The number of nitrogens with zero attached hydrogens (tertiary/aromatic N) is 1. The van der Waals surface area contributed by atoms with Crippen LogP contribution in [-0.2, 0) is 4.79 Å². The van der Waals surface area contributed by atoms with Crippen molar-refractivity contribution in [2.45, 2.75) is 38.4 Å². The Labute approximate surface area is 105 Å². The van der Waals surface area contributed by atoms with E-state index in [2.05, 4.69) is 0 Å². The van der Waals surface area contributed by atoms with E-state index in [9.17, 15) is 18.0 Å². The fourth-order valence-corrected chi connectivity index (χ4v) is 1.80. The van der Waals surface area contributed by atoms with Crippen molar-refractivity contribution in [3.8, 4) is 0 Å². The van der Waals surface area contributed by atoms with Crippen LogP contribution < -0.4 is 5.73 Å². The summed E-state index contributed by atoms with van der Waals surface area (Å²) in [4.78, 5) is 13.0. The second-order valence-electron chi connectivity index (χ2n) is 4.38. The summed E-state index contributed by atoms with van der Waals surface area (Å²) in [7, 11) is 0. The zero-order valence-corrected chi connectivity index (χ0v) is 10.5. The normalized spacial score (nSPS) is 25.4. The van der Waals surface area contributed by atoms with Gasteiger partial charge in [-0.15, -0.1) is 12.4 Å². The number of piperidine rings is 1. The van der Waals surface area contributed by atoms with Crippen LogP contribution in [0.15, 0.2) is 0 Å². The van der Waals surface area contributed by atoms with E-state index in [0.717, 1.165) is 0 Å². The first-order valence-corrected chi connectivity index (χ1v) is 5.39. The third-order valence-electron chi connectivity index (χ3n) is 2.95. The van der Waals surface area contributed by atoms with Gasteiger partial charge in [-0.3, -0.25) is 4.79 Å². The largest absolute Gasteiger partial charge is 0.389 e. The molecule has 1 rings (SSSR count). The molecule has 0 saturated carbocycles. The van der Waals surface area contributed by atoms with Crippen molar-refractivity contribution in [3.05, 3.63) is 0 Å². The molecule has 7 heteroatoms. The van der Waals surface area contributed by atoms with Crippen LogP contribution in [0.4, 0.5) is 13.2 Å². The van der Waals surface area contributed by atoms with E-state index < -0.39 is 24.9 Å². The van der Waals surface area contributed by atoms with Gasteiger partial charge in [0.15, 0.2) is 0 Å². The average Bonchev–Trinajstić information content (AvgIpc) is 2.17. The molecule has 1 saturated heterocycles. The van der Waals surface area contributed by atoms with Crippen molar-refractivity contribution in [2.75, 3.05) is 13.1 Å². The average molecular weight is 275 g/mol. The van der Waals surface area contributed by atoms with Crippen molar-refractivity contribution in [2.24, 2.45) is 11.7 Å². The number of nitrogens with two attached hydrogens (primary N) is 1. The fraction of sp³-hybridized carbons (Fsp3) is 0.900. The van der Waals surface area contributed by atoms with Crippen LogP contribution in [0.3, 0.4) is 0 Å². The summed E-state index contributed by atoms with van der Waals surface area (Å²) in [5.74, 6) is -0.264. The molecule has 0 aromatic carbocycles. The Kier molecular flexibility index (Phi) is 6.26. The molecule has 0 bridgehead atoms. The van der Waals surface area contributed by atoms with Gasteiger partial charge in [-0.25, -0.2) is 0 Å². The predicted octanol–water partition coefficient (Wildman–Crippen LogP) is 1.95. The third kappa shape index (κ3) is 5.59. The second-order valence-corrected chi connectivity index (χ2v) is 4.38. The minimum absolute atomic E-state index is 0. The molecule has 1 aliphatic rings. The Bertz CT molecular complexity index is 260. The molecule has 3 nitrogen and oxygen atoms in total. The van der Waals surface area contributed by atoms with Gasteiger partial charge in [0.05, 0.1) is 6.42 Å². The number of alkyl halides is 3. The lowest BCUT2D eigenvalue weighted by atomic mass is 9.94. The summed E-state index contributed by atoms with van der Waals surface area (Å²) < 4.78 is 35.8. The maximum absolute atomic E-state index is 11.9. The zero-order valence-electron chi connectivity index (χ0n) is 9.67. The van der Waals surface area contributed by atoms with Crippen molar-refractivity contribution in [3.63, 3.8) is 0 Å². The highest BCUT2D eigenvalue weighted by molar-refractivity contribution is 5.85. The summed E-state index contributed by atoms with van der Waals surface area (Å²) in [5.41, 5.74) is 5.77. The topological polar surface area (TPSA) is 46.3 Å². The molecule has 1 amide bonds. The molecule has 2 atom stereocenters. The summed E-state index contributed by atoms with van der Waals surface area (Å²) in [6.07, 6.45) is -5.08. The smallest absolute Gasteiger partial charge is 0.342 e. The van der Waals surface area contributed by atoms with Crippen LogP contribution in [0, 0.1) is 5.92 Å². The molecule has 102 valence electrons. The minimum atomic E-state index is -4.26. The summed E-state index contributed by atoms with van der Waals surface area (Å²) in [5, 5.41) is 0. The van der Waals surface area contributed by atoms with Crippen molar-refractivity contribution < 1.29 is 18.0 Å². The zero-order chi connectivity index (χ0) is 12.3. The first-order valence-electron chi connectivity index (χ1n) is 5.39. The van der Waals surface area contributed by atoms with Crippen molar-refractivity contribution in [1.29, 1.82) is 0 Å². The Hall–Kier alpha value is -0.490. The molecule has 0 aliphatic carbocycles. The highest BCUT2D eigenvalue weighted by atomic mass is 35.5. The van der Waals surface area contributed by atoms with E-state index in [1.807, 2.05) is 6.92 Å². The Morgan fingerprint density at radius 2 is 2.06 bits per heavy atom. The lowest BCUT2D eigenvalue weighted by Crippen LogP contribution is -2.48. The first-order chi connectivity index (χ1) is 7.29. The number of hydrogen-bond donors (Lipinski definition) is 1. The van der Waals surface area contributed by atoms with E-state index in [4.69, 9.17) is 5.73 Å². The SMILES string of the molecule is CC1CN(C(=O)CCC(F)(F)F)CCC1N.Cl. The van der Waals surface area contributed by atoms with E-state index in [-0.39, 0.29) is 24.4 Å². The van der Waals surface area contributed by atoms with Crippen LogP contribution in [0.25, 0.3) is 0 Å². The maximum Gasteiger partial charge on any atom is 0.389 e. The molecule has 0 aromatic rings. The van der Waals surface area contributed by atoms with Gasteiger partial charge < -0.3 is 10.6 Å². The number of amides is 1. The predicted molar refractivity (Wildman–Crippen MR) is 60.9 cm³/mol. The molecule has 2 N–H and O–H groups in total. The van der Waals surface area contributed by atoms with Crippen LogP contribution in [0.1, 0.15) is 26.2 Å². The van der Waals surface area contributed by atoms with Gasteiger partial charge in [0.1, 0.15) is 0 Å². The molecule has 1 heterocycles. The van der Waals surface area contributed by atoms with Gasteiger partial charge in [0.25, 0.3) is 0 Å². The van der Waals surface area contributed by atoms with E-state index in [1.54, 1.807) is 0 Å². The van der Waals surface area contributed by atoms with Crippen LogP contribution in [0.2, 0.25) is 0 Å². The second kappa shape index (κ2) is 6.44. The fourth-order valence-electron chi connectivity index (χ4n) is 1.80. The first kappa shape index (κ1) is 16.5. The van der Waals surface area contributed by atoms with E-state index in [0.29, 0.717) is 19.5 Å². The minimum Gasteiger partial charge on any atom is -0.342 e. The molecule has 2 unspecified atom stereocenters. The van der Waals surface area contributed by atoms with Gasteiger partial charge >= 0.3 is 6.18 Å². The van der Waals surface area contributed by atoms with Crippen LogP contribution >= 0.6 is 12.4 Å². The lowest BCUT2D eigenvalue weighted by molar-refractivity contribution is -0.150. The van der Waals surface area contributed by atoms with Crippen molar-refractivity contribution in [1.82, 2.24) is 4.90 Å². The number of carbonyl (C=O) groups is 1. The summed E-state index contributed by atoms with van der Waals surface area (Å²) in [6.45, 7) is 2.86. The van der Waals surface area contributed by atoms with Gasteiger partial charge in [-0.2, -0.15) is 13.2 Å². The van der Waals surface area contributed by atoms with Gasteiger partial charge in [-0.05, 0) is 12.3 Å². The number of carbonyl (C=O) groups excluding carboxylic acids is 1. The van der Waals surface area contributed by atoms with Crippen molar-refractivity contribution >= 4 is 18.3 Å². The molecular weight excluding hydrogens is 257 g/mol. The lowest BCUT2D eigenvalue weighted by Gasteiger charge is -2.35. The van der Waals surface area contributed by atoms with Crippen LogP contribution in [-0.4, -0.2) is 36.1 Å². The molecule has 1 aliphatic heterocycles. The van der Waals surface area contributed by atoms with Gasteiger partial charge in [0.2, 0.25) is 5.91 Å². The Morgan fingerprint density at radius 1 is 1.47 bits per heavy atom. The molecule has 17 heavy (non-hydrogen) atoms. The van der Waals surface area contributed by atoms with E-state index >= 15 is 0 Å². The third-order valence-corrected chi connectivity index (χ3v) is 2.95. The number of hydrogen-bond acceptors (Lipinski definition) is 2. The number of halogens is 4. The van der Waals surface area contributed by atoms with Gasteiger partial charge in [0, 0.05) is 25.6 Å². The molecule has 0 spiro atoms. The van der Waals surface area contributed by atoms with Gasteiger partial charge in [-0.1, -0.05) is 6.92 Å². The number of rotatable bonds is 2. The standard InChI is InChI=1S/C10H17F3N2O.ClH/c1-7-6-15(5-3-8(7)14)9(16)2-4-10(11,12)13;/h7-8H,2-6,14H2,1H3;1H. The maximum atomic E-state index is 11.9. The number of likely N-dealkylation sites (tertiary alicyclic amines) is 1. The molecule has 0 radical (unpaired) electrons. The molecule has 1 fully saturated rings. The Balaban J connectivity index is 0.00000256. The molecular formula is C10H18ClF3N2O.